The van der Waals surface area contributed by atoms with Crippen LogP contribution < -0.4 is 0 Å². The molecule has 0 spiro atoms. The molecule has 348 valence electrons. The Balaban J connectivity index is 0.837. The van der Waals surface area contributed by atoms with E-state index in [0.717, 1.165) is 90.1 Å². The largest absolute Gasteiger partial charge is 0.456 e. The van der Waals surface area contributed by atoms with E-state index in [9.17, 15) is 0 Å². The Morgan fingerprint density at radius 3 is 1.25 bits per heavy atom. The molecule has 0 radical (unpaired) electrons. The maximum absolute atomic E-state index is 7.07. The van der Waals surface area contributed by atoms with E-state index in [4.69, 9.17) is 13.3 Å². The van der Waals surface area contributed by atoms with Gasteiger partial charge in [0.05, 0.1) is 0 Å². The lowest BCUT2D eigenvalue weighted by atomic mass is 9.84. The van der Waals surface area contributed by atoms with Gasteiger partial charge in [-0.05, 0) is 143 Å². The summed E-state index contributed by atoms with van der Waals surface area (Å²) in [5, 5.41) is 17.6. The molecule has 0 saturated heterocycles. The second kappa shape index (κ2) is 15.4. The molecule has 0 fully saturated rings. The zero-order valence-electron chi connectivity index (χ0n) is 40.6. The van der Waals surface area contributed by atoms with E-state index in [0.29, 0.717) is 0 Å². The first-order chi connectivity index (χ1) is 37.2. The van der Waals surface area contributed by atoms with Crippen LogP contribution in [-0.2, 0) is 12.8 Å². The minimum Gasteiger partial charge on any atom is -0.456 e. The third kappa shape index (κ3) is 5.81. The van der Waals surface area contributed by atoms with Crippen molar-refractivity contribution in [2.75, 3.05) is 0 Å². The normalized spacial score (nSPS) is 12.7. The molecule has 0 N–H and O–H groups in total. The van der Waals surface area contributed by atoms with Gasteiger partial charge in [-0.3, -0.25) is 0 Å². The minimum atomic E-state index is 0.865. The van der Waals surface area contributed by atoms with Crippen molar-refractivity contribution in [1.82, 2.24) is 0 Å². The maximum Gasteiger partial charge on any atom is 0.143 e. The fourth-order valence-electron chi connectivity index (χ4n) is 13.3. The number of benzene rings is 13. The highest BCUT2D eigenvalue weighted by Crippen LogP contribution is 2.50. The predicted octanol–water partition coefficient (Wildman–Crippen LogP) is 20.4. The Bertz CT molecular complexity index is 5020. The van der Waals surface area contributed by atoms with Crippen LogP contribution >= 0.6 is 0 Å². The van der Waals surface area contributed by atoms with Crippen molar-refractivity contribution in [1.29, 1.82) is 0 Å². The molecule has 17 rings (SSSR count). The summed E-state index contributed by atoms with van der Waals surface area (Å²) in [6.45, 7) is 0. The molecule has 3 heteroatoms. The molecule has 0 bridgehead atoms. The fourth-order valence-corrected chi connectivity index (χ4v) is 13.3. The van der Waals surface area contributed by atoms with Crippen LogP contribution in [0.1, 0.15) is 11.1 Å². The maximum atomic E-state index is 7.07. The van der Waals surface area contributed by atoms with Crippen LogP contribution in [0.4, 0.5) is 0 Å². The van der Waals surface area contributed by atoms with Crippen LogP contribution in [0.25, 0.3) is 165 Å². The molecule has 0 saturated carbocycles. The average Bonchev–Trinajstić information content (AvgIpc) is 4.20. The summed E-state index contributed by atoms with van der Waals surface area (Å²) in [4.78, 5) is 0. The van der Waals surface area contributed by atoms with Gasteiger partial charge < -0.3 is 13.3 Å². The van der Waals surface area contributed by atoms with Gasteiger partial charge in [-0.2, -0.15) is 0 Å². The van der Waals surface area contributed by atoms with E-state index < -0.39 is 0 Å². The molecule has 16 aromatic rings. The van der Waals surface area contributed by atoms with Gasteiger partial charge in [-0.25, -0.2) is 0 Å². The van der Waals surface area contributed by atoms with E-state index in [1.807, 2.05) is 0 Å². The van der Waals surface area contributed by atoms with Crippen LogP contribution in [-0.4, -0.2) is 0 Å². The number of para-hydroxylation sites is 1. The van der Waals surface area contributed by atoms with Crippen molar-refractivity contribution < 1.29 is 13.3 Å². The van der Waals surface area contributed by atoms with Crippen molar-refractivity contribution >= 4 is 109 Å². The summed E-state index contributed by atoms with van der Waals surface area (Å²) >= 11 is 0. The molecule has 1 aliphatic rings. The van der Waals surface area contributed by atoms with Crippen LogP contribution in [0.5, 0.6) is 0 Å². The first kappa shape index (κ1) is 40.8. The lowest BCUT2D eigenvalue weighted by Crippen LogP contribution is -2.01. The van der Waals surface area contributed by atoms with E-state index in [-0.39, 0.29) is 0 Å². The van der Waals surface area contributed by atoms with Gasteiger partial charge >= 0.3 is 0 Å². The fraction of sp³-hybridized carbons (Fsp3) is 0.0278. The molecule has 0 aliphatic heterocycles. The van der Waals surface area contributed by atoms with Crippen molar-refractivity contribution in [3.05, 3.63) is 242 Å². The zero-order valence-corrected chi connectivity index (χ0v) is 40.6. The lowest BCUT2D eigenvalue weighted by Gasteiger charge is -2.18. The monoisotopic (exact) mass is 954 g/mol. The molecule has 3 aromatic heterocycles. The van der Waals surface area contributed by atoms with Gasteiger partial charge in [0.2, 0.25) is 0 Å². The predicted molar refractivity (Wildman–Crippen MR) is 313 cm³/mol. The molecule has 13 aromatic carbocycles. The van der Waals surface area contributed by atoms with Gasteiger partial charge in [0.25, 0.3) is 0 Å². The Kier molecular flexibility index (Phi) is 8.39. The number of furan rings is 3. The summed E-state index contributed by atoms with van der Waals surface area (Å²) < 4.78 is 20.3. The molecule has 1 aliphatic carbocycles. The first-order valence-electron chi connectivity index (χ1n) is 26.0. The zero-order chi connectivity index (χ0) is 48.9. The standard InChI is InChI=1S/C72H42O3/c1-3-16-46-41(14-1)28-33-57-61-39-44(31-36-64(61)73-70(46)57)67-50-20-7-5-18-48(50)66(49-19-6-8-21-51(49)67)43-30-35-63-60(38-43)56-26-13-27-59(72(56)75-63)69-54-24-11-9-22-52(54)68(53-23-10-12-25-55(53)69)45-32-37-65-62(40-45)58-34-29-42-15-2-4-17-47(42)71(58)74-65/h1-27,29-32,34-40H,28,33H2. The van der Waals surface area contributed by atoms with E-state index in [2.05, 4.69) is 231 Å². The Hall–Kier alpha value is -9.70. The van der Waals surface area contributed by atoms with Crippen LogP contribution in [0.15, 0.2) is 244 Å². The second-order valence-electron chi connectivity index (χ2n) is 20.4. The molecular weight excluding hydrogens is 913 g/mol. The van der Waals surface area contributed by atoms with Crippen molar-refractivity contribution in [3.63, 3.8) is 0 Å². The number of fused-ring (bicyclic) bond motifs is 17. The number of hydrogen-bond acceptors (Lipinski definition) is 3. The quantitative estimate of drug-likeness (QED) is 0.165. The van der Waals surface area contributed by atoms with Crippen LogP contribution in [0.3, 0.4) is 0 Å². The summed E-state index contributed by atoms with van der Waals surface area (Å²) in [7, 11) is 0. The first-order valence-corrected chi connectivity index (χ1v) is 26.0. The highest BCUT2D eigenvalue weighted by atomic mass is 16.3. The smallest absolute Gasteiger partial charge is 0.143 e. The topological polar surface area (TPSA) is 39.4 Å². The average molecular weight is 955 g/mol. The van der Waals surface area contributed by atoms with Gasteiger partial charge in [0.1, 0.15) is 33.7 Å². The minimum absolute atomic E-state index is 0.865. The van der Waals surface area contributed by atoms with E-state index in [1.54, 1.807) is 0 Å². The summed E-state index contributed by atoms with van der Waals surface area (Å²) in [6, 6.07) is 84.1. The molecule has 0 atom stereocenters. The van der Waals surface area contributed by atoms with E-state index >= 15 is 0 Å². The summed E-state index contributed by atoms with van der Waals surface area (Å²) in [5.74, 6) is 1.02. The second-order valence-corrected chi connectivity index (χ2v) is 20.4. The third-order valence-electron chi connectivity index (χ3n) is 16.6. The highest BCUT2D eigenvalue weighted by molar-refractivity contribution is 6.26. The highest BCUT2D eigenvalue weighted by Gasteiger charge is 2.26. The summed E-state index contributed by atoms with van der Waals surface area (Å²) in [6.07, 6.45) is 1.98. The molecular formula is C72H42O3. The van der Waals surface area contributed by atoms with Crippen LogP contribution in [0.2, 0.25) is 0 Å². The van der Waals surface area contributed by atoms with Gasteiger partial charge in [0.15, 0.2) is 0 Å². The van der Waals surface area contributed by atoms with Gasteiger partial charge in [0, 0.05) is 54.6 Å². The Morgan fingerprint density at radius 1 is 0.253 bits per heavy atom. The molecule has 75 heavy (non-hydrogen) atoms. The number of hydrogen-bond donors (Lipinski definition) is 0. The third-order valence-corrected chi connectivity index (χ3v) is 16.6. The Morgan fingerprint density at radius 2 is 0.680 bits per heavy atom. The molecule has 3 nitrogen and oxygen atoms in total. The Labute approximate surface area is 430 Å². The van der Waals surface area contributed by atoms with Crippen molar-refractivity contribution in [3.8, 4) is 55.8 Å². The molecule has 0 unspecified atom stereocenters. The van der Waals surface area contributed by atoms with Gasteiger partial charge in [-0.1, -0.05) is 188 Å². The SMILES string of the molecule is c1ccc2c(c1)CCc1c-2oc2ccc(-c3c4ccccc4c(-c4ccc5oc6c(-c7c8ccccc8c(-c8ccc9oc%10c%11ccccc%11ccc%10c9c8)c8ccccc78)cccc6c5c4)c4ccccc34)cc12. The van der Waals surface area contributed by atoms with Crippen molar-refractivity contribution in [2.45, 2.75) is 12.8 Å². The van der Waals surface area contributed by atoms with Crippen molar-refractivity contribution in [2.24, 2.45) is 0 Å². The summed E-state index contributed by atoms with van der Waals surface area (Å²) in [5.41, 5.74) is 17.8. The number of aryl methyl sites for hydroxylation is 2. The van der Waals surface area contributed by atoms with Gasteiger partial charge in [-0.15, -0.1) is 0 Å². The molecule has 3 heterocycles. The molecule has 0 amide bonds. The number of rotatable bonds is 4. The van der Waals surface area contributed by atoms with E-state index in [1.165, 1.54) is 98.4 Å². The lowest BCUT2D eigenvalue weighted by molar-refractivity contribution is 0.621. The van der Waals surface area contributed by atoms with Crippen LogP contribution in [0, 0.1) is 0 Å².